The van der Waals surface area contributed by atoms with E-state index in [2.05, 4.69) is 12.2 Å². The van der Waals surface area contributed by atoms with Crippen molar-refractivity contribution in [1.82, 2.24) is 15.1 Å². The van der Waals surface area contributed by atoms with Crippen LogP contribution in [0.5, 0.6) is 0 Å². The summed E-state index contributed by atoms with van der Waals surface area (Å²) in [5, 5.41) is 3.16. The Morgan fingerprint density at radius 2 is 1.75 bits per heavy atom. The second-order valence-electron chi connectivity index (χ2n) is 8.49. The fourth-order valence-electron chi connectivity index (χ4n) is 4.28. The molecule has 6 nitrogen and oxygen atoms in total. The summed E-state index contributed by atoms with van der Waals surface area (Å²) in [5.74, 6) is 2.98. The lowest BCUT2D eigenvalue weighted by atomic mass is 9.96. The molecule has 2 heterocycles. The number of rotatable bonds is 4. The van der Waals surface area contributed by atoms with Gasteiger partial charge in [-0.2, -0.15) is 0 Å². The van der Waals surface area contributed by atoms with Gasteiger partial charge in [0.25, 0.3) is 0 Å². The van der Waals surface area contributed by atoms with Gasteiger partial charge in [-0.25, -0.2) is 4.79 Å². The molecule has 1 aromatic heterocycles. The fraction of sp³-hybridized carbons (Fsp3) is 0.636. The van der Waals surface area contributed by atoms with Crippen molar-refractivity contribution in [2.75, 3.05) is 26.2 Å². The van der Waals surface area contributed by atoms with Gasteiger partial charge >= 0.3 is 6.03 Å². The van der Waals surface area contributed by atoms with Gasteiger partial charge in [-0.15, -0.1) is 0 Å². The lowest BCUT2D eigenvalue weighted by Gasteiger charge is -2.35. The number of hydrogen-bond acceptors (Lipinski definition) is 3. The third-order valence-electron chi connectivity index (χ3n) is 6.32. The lowest BCUT2D eigenvalue weighted by molar-refractivity contribution is -0.127. The topological polar surface area (TPSA) is 65.8 Å². The lowest BCUT2D eigenvalue weighted by Crippen LogP contribution is -2.54. The van der Waals surface area contributed by atoms with E-state index in [0.29, 0.717) is 44.1 Å². The Bertz CT molecular complexity index is 727. The maximum absolute atomic E-state index is 12.4. The van der Waals surface area contributed by atoms with Crippen LogP contribution in [-0.4, -0.2) is 54.0 Å². The molecule has 0 radical (unpaired) electrons. The highest BCUT2D eigenvalue weighted by atomic mass is 16.3. The van der Waals surface area contributed by atoms with Crippen molar-refractivity contribution in [2.24, 2.45) is 5.92 Å². The predicted molar refractivity (Wildman–Crippen MR) is 108 cm³/mol. The second kappa shape index (κ2) is 8.41. The molecule has 1 saturated heterocycles. The van der Waals surface area contributed by atoms with E-state index in [1.165, 1.54) is 25.7 Å². The summed E-state index contributed by atoms with van der Waals surface area (Å²) in [6.45, 7) is 4.54. The first-order chi connectivity index (χ1) is 13.6. The predicted octanol–water partition coefficient (Wildman–Crippen LogP) is 3.60. The maximum Gasteiger partial charge on any atom is 0.317 e. The highest BCUT2D eigenvalue weighted by Crippen LogP contribution is 2.47. The number of amides is 3. The Labute approximate surface area is 166 Å². The standard InChI is InChI=1S/C22H31N3O3/c1-16-15-19(16)20-9-7-18(28-20)8-10-21(26)24-11-13-25(14-12-24)22(27)23-17-5-3-2-4-6-17/h7-10,16-17,19H,2-6,11-15H2,1H3,(H,23,27)/b10-8+. The average molecular weight is 386 g/mol. The van der Waals surface area contributed by atoms with Crippen molar-refractivity contribution in [2.45, 2.75) is 57.4 Å². The van der Waals surface area contributed by atoms with Crippen LogP contribution in [-0.2, 0) is 4.79 Å². The summed E-state index contributed by atoms with van der Waals surface area (Å²) in [4.78, 5) is 28.5. The zero-order chi connectivity index (χ0) is 19.5. The Morgan fingerprint density at radius 3 is 2.43 bits per heavy atom. The number of furan rings is 1. The van der Waals surface area contributed by atoms with Crippen LogP contribution in [0.3, 0.4) is 0 Å². The molecule has 0 bridgehead atoms. The molecule has 1 aliphatic heterocycles. The van der Waals surface area contributed by atoms with Crippen LogP contribution in [0.1, 0.15) is 62.9 Å². The third kappa shape index (κ3) is 4.59. The van der Waals surface area contributed by atoms with E-state index in [4.69, 9.17) is 4.42 Å². The summed E-state index contributed by atoms with van der Waals surface area (Å²) in [6.07, 6.45) is 10.4. The van der Waals surface area contributed by atoms with Crippen LogP contribution in [0, 0.1) is 5.92 Å². The summed E-state index contributed by atoms with van der Waals surface area (Å²) in [7, 11) is 0. The molecule has 6 heteroatoms. The van der Waals surface area contributed by atoms with Gasteiger partial charge in [-0.1, -0.05) is 26.2 Å². The van der Waals surface area contributed by atoms with Crippen LogP contribution in [0.15, 0.2) is 22.6 Å². The molecule has 2 atom stereocenters. The van der Waals surface area contributed by atoms with E-state index in [9.17, 15) is 9.59 Å². The number of carbonyl (C=O) groups excluding carboxylic acids is 2. The highest BCUT2D eigenvalue weighted by molar-refractivity contribution is 5.91. The van der Waals surface area contributed by atoms with Gasteiger partial charge in [0.1, 0.15) is 11.5 Å². The zero-order valence-corrected chi connectivity index (χ0v) is 16.7. The molecule has 4 rings (SSSR count). The summed E-state index contributed by atoms with van der Waals surface area (Å²) >= 11 is 0. The zero-order valence-electron chi connectivity index (χ0n) is 16.7. The van der Waals surface area contributed by atoms with Crippen molar-refractivity contribution in [3.8, 4) is 0 Å². The van der Waals surface area contributed by atoms with Crippen LogP contribution in [0.25, 0.3) is 6.08 Å². The Balaban J connectivity index is 1.22. The first-order valence-electron chi connectivity index (χ1n) is 10.7. The number of piperazine rings is 1. The van der Waals surface area contributed by atoms with Gasteiger partial charge in [0.2, 0.25) is 5.91 Å². The molecular weight excluding hydrogens is 354 g/mol. The molecule has 0 aromatic carbocycles. The largest absolute Gasteiger partial charge is 0.461 e. The first kappa shape index (κ1) is 19.1. The van der Waals surface area contributed by atoms with Crippen LogP contribution >= 0.6 is 0 Å². The Kier molecular flexibility index (Phi) is 5.74. The normalized spacial score (nSPS) is 25.9. The van der Waals surface area contributed by atoms with Crippen molar-refractivity contribution < 1.29 is 14.0 Å². The van der Waals surface area contributed by atoms with E-state index in [-0.39, 0.29) is 11.9 Å². The summed E-state index contributed by atoms with van der Waals surface area (Å²) in [5.41, 5.74) is 0. The third-order valence-corrected chi connectivity index (χ3v) is 6.32. The van der Waals surface area contributed by atoms with E-state index in [0.717, 1.165) is 24.4 Å². The smallest absolute Gasteiger partial charge is 0.317 e. The number of nitrogens with zero attached hydrogens (tertiary/aromatic N) is 2. The first-order valence-corrected chi connectivity index (χ1v) is 10.7. The SMILES string of the molecule is CC1CC1c1ccc(/C=C/C(=O)N2CCN(C(=O)NC3CCCCC3)CC2)o1. The van der Waals surface area contributed by atoms with Gasteiger partial charge in [0, 0.05) is 44.2 Å². The molecule has 0 spiro atoms. The molecule has 28 heavy (non-hydrogen) atoms. The number of urea groups is 1. The molecule has 3 amide bonds. The van der Waals surface area contributed by atoms with Crippen molar-refractivity contribution in [3.63, 3.8) is 0 Å². The number of hydrogen-bond donors (Lipinski definition) is 1. The molecule has 2 unspecified atom stereocenters. The molecule has 3 fully saturated rings. The Morgan fingerprint density at radius 1 is 1.07 bits per heavy atom. The van der Waals surface area contributed by atoms with Gasteiger partial charge in [0.15, 0.2) is 0 Å². The highest BCUT2D eigenvalue weighted by Gasteiger charge is 2.36. The fourth-order valence-corrected chi connectivity index (χ4v) is 4.28. The van der Waals surface area contributed by atoms with E-state index in [1.807, 2.05) is 17.0 Å². The van der Waals surface area contributed by atoms with Gasteiger partial charge in [-0.3, -0.25) is 4.79 Å². The van der Waals surface area contributed by atoms with Gasteiger partial charge in [-0.05, 0) is 43.4 Å². The average Bonchev–Trinajstić information content (AvgIpc) is 3.26. The minimum absolute atomic E-state index is 0.0203. The molecule has 152 valence electrons. The van der Waals surface area contributed by atoms with E-state index >= 15 is 0 Å². The summed E-state index contributed by atoms with van der Waals surface area (Å²) < 4.78 is 5.82. The number of carbonyl (C=O) groups is 2. The molecule has 1 aromatic rings. The minimum Gasteiger partial charge on any atom is -0.461 e. The molecule has 2 saturated carbocycles. The van der Waals surface area contributed by atoms with Crippen LogP contribution in [0.2, 0.25) is 0 Å². The Hall–Kier alpha value is -2.24. The maximum atomic E-state index is 12.4. The van der Waals surface area contributed by atoms with E-state index < -0.39 is 0 Å². The van der Waals surface area contributed by atoms with Crippen LogP contribution < -0.4 is 5.32 Å². The molecule has 2 aliphatic carbocycles. The van der Waals surface area contributed by atoms with Crippen LogP contribution in [0.4, 0.5) is 4.79 Å². The second-order valence-corrected chi connectivity index (χ2v) is 8.49. The van der Waals surface area contributed by atoms with Crippen molar-refractivity contribution in [1.29, 1.82) is 0 Å². The van der Waals surface area contributed by atoms with Gasteiger partial charge < -0.3 is 19.5 Å². The van der Waals surface area contributed by atoms with Crippen molar-refractivity contribution >= 4 is 18.0 Å². The summed E-state index contributed by atoms with van der Waals surface area (Å²) in [6, 6.07) is 4.28. The quantitative estimate of drug-likeness (QED) is 0.806. The van der Waals surface area contributed by atoms with Crippen molar-refractivity contribution in [3.05, 3.63) is 29.7 Å². The van der Waals surface area contributed by atoms with Gasteiger partial charge in [0.05, 0.1) is 0 Å². The molecule has 1 N–H and O–H groups in total. The molecule has 3 aliphatic rings. The minimum atomic E-state index is -0.0231. The molecular formula is C22H31N3O3. The van der Waals surface area contributed by atoms with E-state index in [1.54, 1.807) is 17.1 Å². The number of nitrogens with one attached hydrogen (secondary N) is 1. The monoisotopic (exact) mass is 385 g/mol.